The van der Waals surface area contributed by atoms with E-state index in [0.717, 1.165) is 11.1 Å². The van der Waals surface area contributed by atoms with Gasteiger partial charge in [-0.3, -0.25) is 9.69 Å². The smallest absolute Gasteiger partial charge is 0.411 e. The molecule has 194 valence electrons. The van der Waals surface area contributed by atoms with Gasteiger partial charge in [0.05, 0.1) is 18.7 Å². The number of benzene rings is 1. The number of rotatable bonds is 8. The standard InChI is InChI=1S/C28H44N2O4Si/c1-11-20-15-13-14-16-22(20)23(19-33-35(9,10)28(6,7)8)29-25(31)24-18-17-21(12-2)30(24)26(32)34-27(3,4)5/h11-16,21,23-24H,1-2,17-19H2,3-10H3,(H,29,31)/t21?,23?,24-/m0/s1. The first-order valence-electron chi connectivity index (χ1n) is 12.4. The average Bonchev–Trinajstić information content (AvgIpc) is 3.19. The molecule has 0 radical (unpaired) electrons. The van der Waals surface area contributed by atoms with Crippen LogP contribution in [0.3, 0.4) is 0 Å². The highest BCUT2D eigenvalue weighted by Crippen LogP contribution is 2.37. The maximum Gasteiger partial charge on any atom is 0.411 e. The average molecular weight is 501 g/mol. The molecule has 3 atom stereocenters. The second-order valence-corrected chi connectivity index (χ2v) is 16.6. The molecule has 0 aliphatic carbocycles. The number of nitrogens with one attached hydrogen (secondary N) is 1. The van der Waals surface area contributed by atoms with Crippen LogP contribution in [0.5, 0.6) is 0 Å². The molecule has 1 aromatic rings. The highest BCUT2D eigenvalue weighted by molar-refractivity contribution is 6.74. The van der Waals surface area contributed by atoms with Gasteiger partial charge in [0.25, 0.3) is 0 Å². The van der Waals surface area contributed by atoms with E-state index in [9.17, 15) is 9.59 Å². The fourth-order valence-corrected chi connectivity index (χ4v) is 4.92. The topological polar surface area (TPSA) is 67.9 Å². The fraction of sp³-hybridized carbons (Fsp3) is 0.571. The molecule has 2 amide bonds. The minimum atomic E-state index is -2.06. The minimum absolute atomic E-state index is 0.0374. The minimum Gasteiger partial charge on any atom is -0.444 e. The van der Waals surface area contributed by atoms with Gasteiger partial charge in [-0.15, -0.1) is 6.58 Å². The summed E-state index contributed by atoms with van der Waals surface area (Å²) in [6.45, 7) is 24.6. The third-order valence-electron chi connectivity index (χ3n) is 6.93. The molecule has 1 aromatic carbocycles. The maximum absolute atomic E-state index is 13.6. The fourth-order valence-electron chi connectivity index (χ4n) is 3.90. The molecular formula is C28H44N2O4Si. The number of nitrogens with zero attached hydrogens (tertiary/aromatic N) is 1. The number of ether oxygens (including phenoxy) is 1. The van der Waals surface area contributed by atoms with Crippen LogP contribution < -0.4 is 5.32 Å². The van der Waals surface area contributed by atoms with Gasteiger partial charge in [-0.1, -0.05) is 63.8 Å². The quantitative estimate of drug-likeness (QED) is 0.328. The van der Waals surface area contributed by atoms with E-state index in [0.29, 0.717) is 19.4 Å². The molecular weight excluding hydrogens is 456 g/mol. The first kappa shape index (κ1) is 28.9. The van der Waals surface area contributed by atoms with E-state index in [2.05, 4.69) is 52.3 Å². The Morgan fingerprint density at radius 3 is 2.31 bits per heavy atom. The van der Waals surface area contributed by atoms with Gasteiger partial charge in [0.15, 0.2) is 8.32 Å². The normalized spacial score (nSPS) is 19.7. The Labute approximate surface area is 212 Å². The number of amides is 2. The van der Waals surface area contributed by atoms with Gasteiger partial charge in [0, 0.05) is 0 Å². The molecule has 1 aliphatic rings. The van der Waals surface area contributed by atoms with Gasteiger partial charge in [-0.05, 0) is 62.9 Å². The second kappa shape index (κ2) is 11.1. The summed E-state index contributed by atoms with van der Waals surface area (Å²) in [5.74, 6) is -0.220. The van der Waals surface area contributed by atoms with Crippen LogP contribution in [0.25, 0.3) is 6.08 Å². The summed E-state index contributed by atoms with van der Waals surface area (Å²) in [7, 11) is -2.06. The van der Waals surface area contributed by atoms with E-state index in [1.54, 1.807) is 12.2 Å². The number of hydrogen-bond acceptors (Lipinski definition) is 4. The number of carbonyl (C=O) groups is 2. The van der Waals surface area contributed by atoms with Gasteiger partial charge in [-0.25, -0.2) is 4.79 Å². The lowest BCUT2D eigenvalue weighted by atomic mass is 10.00. The Balaban J connectivity index is 2.33. The van der Waals surface area contributed by atoms with Gasteiger partial charge in [0.1, 0.15) is 11.6 Å². The van der Waals surface area contributed by atoms with Crippen molar-refractivity contribution in [3.8, 4) is 0 Å². The largest absolute Gasteiger partial charge is 0.444 e. The van der Waals surface area contributed by atoms with Crippen molar-refractivity contribution in [3.05, 3.63) is 54.6 Å². The highest BCUT2D eigenvalue weighted by atomic mass is 28.4. The van der Waals surface area contributed by atoms with Gasteiger partial charge >= 0.3 is 6.09 Å². The Hall–Kier alpha value is -2.38. The van der Waals surface area contributed by atoms with Crippen molar-refractivity contribution in [2.24, 2.45) is 0 Å². The Morgan fingerprint density at radius 2 is 1.77 bits per heavy atom. The molecule has 1 saturated heterocycles. The number of hydrogen-bond donors (Lipinski definition) is 1. The summed E-state index contributed by atoms with van der Waals surface area (Å²) in [4.78, 5) is 28.2. The van der Waals surface area contributed by atoms with Crippen molar-refractivity contribution in [1.29, 1.82) is 0 Å². The van der Waals surface area contributed by atoms with Crippen LogP contribution in [0.1, 0.15) is 71.6 Å². The summed E-state index contributed by atoms with van der Waals surface area (Å²) in [6.07, 6.45) is 4.20. The summed E-state index contributed by atoms with van der Waals surface area (Å²) < 4.78 is 12.1. The Bertz CT molecular complexity index is 930. The molecule has 2 rings (SSSR count). The van der Waals surface area contributed by atoms with Crippen LogP contribution in [0.15, 0.2) is 43.5 Å². The predicted molar refractivity (Wildman–Crippen MR) is 146 cm³/mol. The van der Waals surface area contributed by atoms with Crippen LogP contribution in [0.2, 0.25) is 18.1 Å². The molecule has 1 aliphatic heterocycles. The van der Waals surface area contributed by atoms with Crippen molar-refractivity contribution < 1.29 is 18.8 Å². The third kappa shape index (κ3) is 7.30. The molecule has 6 nitrogen and oxygen atoms in total. The molecule has 0 spiro atoms. The molecule has 2 unspecified atom stereocenters. The van der Waals surface area contributed by atoms with E-state index in [1.165, 1.54) is 4.90 Å². The SMILES string of the molecule is C=Cc1ccccc1C(CO[Si](C)(C)C(C)(C)C)NC(=O)[C@@H]1CCC(C=C)N1C(=O)OC(C)(C)C. The van der Waals surface area contributed by atoms with E-state index < -0.39 is 26.1 Å². The van der Waals surface area contributed by atoms with Crippen LogP contribution in [0.4, 0.5) is 4.79 Å². The van der Waals surface area contributed by atoms with Crippen molar-refractivity contribution in [3.63, 3.8) is 0 Å². The summed E-state index contributed by atoms with van der Waals surface area (Å²) in [6, 6.07) is 6.60. The van der Waals surface area contributed by atoms with Crippen molar-refractivity contribution in [2.75, 3.05) is 6.61 Å². The summed E-state index contributed by atoms with van der Waals surface area (Å²) in [5.41, 5.74) is 1.22. The van der Waals surface area contributed by atoms with E-state index in [-0.39, 0.29) is 23.0 Å². The zero-order chi connectivity index (χ0) is 26.6. The van der Waals surface area contributed by atoms with Crippen molar-refractivity contribution in [2.45, 2.75) is 96.2 Å². The van der Waals surface area contributed by atoms with Crippen LogP contribution in [-0.2, 0) is 14.0 Å². The maximum atomic E-state index is 13.6. The molecule has 1 N–H and O–H groups in total. The first-order valence-corrected chi connectivity index (χ1v) is 15.3. The Kier molecular flexibility index (Phi) is 9.17. The first-order chi connectivity index (χ1) is 16.1. The lowest BCUT2D eigenvalue weighted by Gasteiger charge is -2.38. The zero-order valence-corrected chi connectivity index (χ0v) is 23.8. The second-order valence-electron chi connectivity index (χ2n) is 11.7. The third-order valence-corrected chi connectivity index (χ3v) is 11.4. The Morgan fingerprint density at radius 1 is 1.14 bits per heavy atom. The summed E-state index contributed by atoms with van der Waals surface area (Å²) >= 11 is 0. The van der Waals surface area contributed by atoms with E-state index >= 15 is 0 Å². The predicted octanol–water partition coefficient (Wildman–Crippen LogP) is 6.46. The molecule has 35 heavy (non-hydrogen) atoms. The molecule has 0 aromatic heterocycles. The van der Waals surface area contributed by atoms with Crippen molar-refractivity contribution >= 4 is 26.4 Å². The van der Waals surface area contributed by atoms with E-state index in [4.69, 9.17) is 9.16 Å². The number of carbonyl (C=O) groups excluding carboxylic acids is 2. The van der Waals surface area contributed by atoms with Crippen LogP contribution >= 0.6 is 0 Å². The van der Waals surface area contributed by atoms with Gasteiger partial charge in [-0.2, -0.15) is 0 Å². The van der Waals surface area contributed by atoms with Gasteiger partial charge in [0.2, 0.25) is 5.91 Å². The van der Waals surface area contributed by atoms with Crippen LogP contribution in [0, 0.1) is 0 Å². The monoisotopic (exact) mass is 500 g/mol. The summed E-state index contributed by atoms with van der Waals surface area (Å²) in [5, 5.41) is 3.23. The van der Waals surface area contributed by atoms with Crippen LogP contribution in [-0.4, -0.2) is 49.5 Å². The number of likely N-dealkylation sites (tertiary alicyclic amines) is 1. The molecule has 1 heterocycles. The van der Waals surface area contributed by atoms with Crippen molar-refractivity contribution in [1.82, 2.24) is 10.2 Å². The molecule has 1 fully saturated rings. The lowest BCUT2D eigenvalue weighted by Crippen LogP contribution is -2.51. The lowest BCUT2D eigenvalue weighted by molar-refractivity contribution is -0.126. The molecule has 0 saturated carbocycles. The molecule has 0 bridgehead atoms. The van der Waals surface area contributed by atoms with Gasteiger partial charge < -0.3 is 14.5 Å². The van der Waals surface area contributed by atoms with E-state index in [1.807, 2.05) is 45.0 Å². The molecule has 7 heteroatoms. The zero-order valence-electron chi connectivity index (χ0n) is 22.8. The highest BCUT2D eigenvalue weighted by Gasteiger charge is 2.43.